The largest absolute Gasteiger partial charge is 0.377 e. The molecule has 1 atom stereocenters. The highest BCUT2D eigenvalue weighted by molar-refractivity contribution is 7.89. The van der Waals surface area contributed by atoms with Crippen LogP contribution in [-0.4, -0.2) is 64.4 Å². The van der Waals surface area contributed by atoms with Crippen molar-refractivity contribution in [3.63, 3.8) is 0 Å². The van der Waals surface area contributed by atoms with Gasteiger partial charge in [-0.15, -0.1) is 0 Å². The van der Waals surface area contributed by atoms with E-state index in [9.17, 15) is 8.42 Å². The molecule has 1 aromatic carbocycles. The highest BCUT2D eigenvalue weighted by atomic mass is 32.2. The lowest BCUT2D eigenvalue weighted by molar-refractivity contribution is 0.0987. The SMILES string of the molecule is C[C@@H]1COCCN1c1nc(-c2nc3ccccc3[nH]2)nc2c1ccn2S(C)(=O)=O. The lowest BCUT2D eigenvalue weighted by Gasteiger charge is -2.34. The highest BCUT2D eigenvalue weighted by Crippen LogP contribution is 2.31. The Bertz CT molecular complexity index is 1290. The van der Waals surface area contributed by atoms with Gasteiger partial charge in [-0.25, -0.2) is 27.3 Å². The Kier molecular flexibility index (Phi) is 4.07. The quantitative estimate of drug-likeness (QED) is 0.549. The summed E-state index contributed by atoms with van der Waals surface area (Å²) in [6, 6.07) is 9.51. The van der Waals surface area contributed by atoms with E-state index in [1.54, 1.807) is 6.07 Å². The molecule has 0 unspecified atom stereocenters. The van der Waals surface area contributed by atoms with Gasteiger partial charge < -0.3 is 14.6 Å². The van der Waals surface area contributed by atoms with Crippen LogP contribution in [0.25, 0.3) is 33.7 Å². The van der Waals surface area contributed by atoms with E-state index in [1.165, 1.54) is 10.2 Å². The van der Waals surface area contributed by atoms with Crippen LogP contribution in [0.4, 0.5) is 5.82 Å². The van der Waals surface area contributed by atoms with E-state index in [2.05, 4.69) is 26.8 Å². The van der Waals surface area contributed by atoms with E-state index < -0.39 is 10.0 Å². The van der Waals surface area contributed by atoms with Crippen LogP contribution >= 0.6 is 0 Å². The molecule has 10 heteroatoms. The molecule has 0 radical (unpaired) electrons. The van der Waals surface area contributed by atoms with Crippen LogP contribution in [0.1, 0.15) is 6.92 Å². The zero-order chi connectivity index (χ0) is 20.2. The van der Waals surface area contributed by atoms with E-state index in [0.717, 1.165) is 17.3 Å². The molecule has 1 saturated heterocycles. The van der Waals surface area contributed by atoms with Crippen LogP contribution in [0.15, 0.2) is 36.5 Å². The number of fused-ring (bicyclic) bond motifs is 2. The molecule has 0 saturated carbocycles. The van der Waals surface area contributed by atoms with Gasteiger partial charge in [0, 0.05) is 12.7 Å². The van der Waals surface area contributed by atoms with Crippen molar-refractivity contribution in [2.75, 3.05) is 30.9 Å². The molecular formula is C19H20N6O3S. The van der Waals surface area contributed by atoms with Crippen LogP contribution in [0.5, 0.6) is 0 Å². The summed E-state index contributed by atoms with van der Waals surface area (Å²) in [5, 5.41) is 0.684. The number of morpholine rings is 1. The maximum atomic E-state index is 12.3. The van der Waals surface area contributed by atoms with Gasteiger partial charge in [-0.05, 0) is 25.1 Å². The Labute approximate surface area is 167 Å². The third-order valence-corrected chi connectivity index (χ3v) is 6.10. The lowest BCUT2D eigenvalue weighted by atomic mass is 10.2. The molecular weight excluding hydrogens is 392 g/mol. The fourth-order valence-corrected chi connectivity index (χ4v) is 4.40. The number of H-pyrrole nitrogens is 1. The highest BCUT2D eigenvalue weighted by Gasteiger charge is 2.26. The molecule has 1 aliphatic rings. The first-order valence-electron chi connectivity index (χ1n) is 9.31. The van der Waals surface area contributed by atoms with Crippen LogP contribution in [0.2, 0.25) is 0 Å². The van der Waals surface area contributed by atoms with Crippen LogP contribution in [0, 0.1) is 0 Å². The number of hydrogen-bond acceptors (Lipinski definition) is 7. The van der Waals surface area contributed by atoms with Crippen LogP contribution < -0.4 is 4.90 Å². The molecule has 0 bridgehead atoms. The summed E-state index contributed by atoms with van der Waals surface area (Å²) in [6.07, 6.45) is 2.68. The maximum Gasteiger partial charge on any atom is 0.237 e. The zero-order valence-electron chi connectivity index (χ0n) is 16.0. The van der Waals surface area contributed by atoms with Gasteiger partial charge in [-0.3, -0.25) is 0 Å². The molecule has 1 fully saturated rings. The van der Waals surface area contributed by atoms with Gasteiger partial charge in [0.15, 0.2) is 17.3 Å². The van der Waals surface area contributed by atoms with E-state index in [4.69, 9.17) is 9.72 Å². The molecule has 150 valence electrons. The van der Waals surface area contributed by atoms with E-state index >= 15 is 0 Å². The summed E-state index contributed by atoms with van der Waals surface area (Å²) in [6.45, 7) is 3.89. The molecule has 3 aromatic heterocycles. The number of benzene rings is 1. The fraction of sp³-hybridized carbons (Fsp3) is 0.316. The number of imidazole rings is 1. The van der Waals surface area contributed by atoms with E-state index in [-0.39, 0.29) is 6.04 Å². The van der Waals surface area contributed by atoms with Crippen LogP contribution in [-0.2, 0) is 14.8 Å². The number of rotatable bonds is 3. The zero-order valence-corrected chi connectivity index (χ0v) is 16.8. The molecule has 0 aliphatic carbocycles. The number of ether oxygens (including phenoxy) is 1. The molecule has 1 aliphatic heterocycles. The van der Waals surface area contributed by atoms with E-state index in [0.29, 0.717) is 48.3 Å². The first-order chi connectivity index (χ1) is 13.9. The van der Waals surface area contributed by atoms with Gasteiger partial charge in [0.2, 0.25) is 10.0 Å². The van der Waals surface area contributed by atoms with Crippen molar-refractivity contribution in [2.24, 2.45) is 0 Å². The first-order valence-corrected chi connectivity index (χ1v) is 11.2. The van der Waals surface area contributed by atoms with Gasteiger partial charge in [0.25, 0.3) is 0 Å². The number of aromatic amines is 1. The smallest absolute Gasteiger partial charge is 0.237 e. The number of anilines is 1. The Morgan fingerprint density at radius 2 is 2.00 bits per heavy atom. The predicted octanol–water partition coefficient (Wildman–Crippen LogP) is 2.01. The molecule has 29 heavy (non-hydrogen) atoms. The van der Waals surface area contributed by atoms with Crippen molar-refractivity contribution in [2.45, 2.75) is 13.0 Å². The Hall–Kier alpha value is -2.98. The number of aromatic nitrogens is 5. The molecule has 0 spiro atoms. The van der Waals surface area contributed by atoms with Gasteiger partial charge in [-0.2, -0.15) is 0 Å². The summed E-state index contributed by atoms with van der Waals surface area (Å²) in [4.78, 5) is 19.3. The predicted molar refractivity (Wildman–Crippen MR) is 110 cm³/mol. The average Bonchev–Trinajstić information content (AvgIpc) is 3.31. The third-order valence-electron chi connectivity index (χ3n) is 5.09. The first kappa shape index (κ1) is 18.1. The summed E-state index contributed by atoms with van der Waals surface area (Å²) in [5.41, 5.74) is 2.00. The monoisotopic (exact) mass is 412 g/mol. The Balaban J connectivity index is 1.77. The summed E-state index contributed by atoms with van der Waals surface area (Å²) >= 11 is 0. The van der Waals surface area contributed by atoms with Crippen LogP contribution in [0.3, 0.4) is 0 Å². The summed E-state index contributed by atoms with van der Waals surface area (Å²) in [7, 11) is -3.52. The molecule has 4 aromatic rings. The van der Waals surface area contributed by atoms with Gasteiger partial charge >= 0.3 is 0 Å². The van der Waals surface area contributed by atoms with Crippen molar-refractivity contribution in [1.82, 2.24) is 23.9 Å². The summed E-state index contributed by atoms with van der Waals surface area (Å²) in [5.74, 6) is 1.53. The molecule has 4 heterocycles. The molecule has 1 N–H and O–H groups in total. The number of nitrogens with one attached hydrogen (secondary N) is 1. The third kappa shape index (κ3) is 3.04. The molecule has 5 rings (SSSR count). The van der Waals surface area contributed by atoms with E-state index in [1.807, 2.05) is 24.3 Å². The number of nitrogens with zero attached hydrogens (tertiary/aromatic N) is 5. The minimum atomic E-state index is -3.52. The Morgan fingerprint density at radius 1 is 1.17 bits per heavy atom. The standard InChI is InChI=1S/C19H20N6O3S/c1-12-11-28-10-9-24(12)18-13-7-8-25(29(2,26)27)19(13)23-17(22-18)16-20-14-5-3-4-6-15(14)21-16/h3-8,12H,9-11H2,1-2H3,(H,20,21)/t12-/m1/s1. The second kappa shape index (κ2) is 6.53. The molecule has 9 nitrogen and oxygen atoms in total. The number of para-hydroxylation sites is 2. The van der Waals surface area contributed by atoms with Crippen molar-refractivity contribution >= 4 is 37.9 Å². The second-order valence-corrected chi connectivity index (χ2v) is 9.06. The fourth-order valence-electron chi connectivity index (χ4n) is 3.67. The van der Waals surface area contributed by atoms with Crippen molar-refractivity contribution < 1.29 is 13.2 Å². The normalized spacial score (nSPS) is 18.0. The van der Waals surface area contributed by atoms with Crippen molar-refractivity contribution in [1.29, 1.82) is 0 Å². The van der Waals surface area contributed by atoms with Crippen molar-refractivity contribution in [3.05, 3.63) is 36.5 Å². The Morgan fingerprint density at radius 3 is 2.76 bits per heavy atom. The topological polar surface area (TPSA) is 106 Å². The maximum absolute atomic E-state index is 12.3. The van der Waals surface area contributed by atoms with Gasteiger partial charge in [0.1, 0.15) is 5.82 Å². The minimum absolute atomic E-state index is 0.104. The molecule has 0 amide bonds. The summed E-state index contributed by atoms with van der Waals surface area (Å²) < 4.78 is 31.3. The second-order valence-electron chi connectivity index (χ2n) is 7.20. The van der Waals surface area contributed by atoms with Gasteiger partial charge in [0.05, 0.1) is 41.9 Å². The average molecular weight is 412 g/mol. The lowest BCUT2D eigenvalue weighted by Crippen LogP contribution is -2.44. The number of hydrogen-bond donors (Lipinski definition) is 1. The van der Waals surface area contributed by atoms with Crippen molar-refractivity contribution in [3.8, 4) is 11.6 Å². The van der Waals surface area contributed by atoms with Gasteiger partial charge in [-0.1, -0.05) is 12.1 Å². The minimum Gasteiger partial charge on any atom is -0.377 e.